The molecule has 0 spiro atoms. The molecule has 1 saturated heterocycles. The maximum absolute atomic E-state index is 6.14. The average Bonchev–Trinajstić information content (AvgIpc) is 2.87. The van der Waals surface area contributed by atoms with Gasteiger partial charge in [-0.2, -0.15) is 0 Å². The smallest absolute Gasteiger partial charge is 0.0471 e. The van der Waals surface area contributed by atoms with Crippen LogP contribution >= 0.6 is 15.9 Å². The molecule has 0 bridgehead atoms. The van der Waals surface area contributed by atoms with Gasteiger partial charge in [0.25, 0.3) is 0 Å². The minimum atomic E-state index is 0.111. The zero-order chi connectivity index (χ0) is 14.8. The Hall–Kier alpha value is -0.420. The second kappa shape index (κ2) is 6.56. The number of likely N-dealkylation sites (N-methyl/N-ethyl adjacent to an activating group) is 1. The molecule has 0 saturated carbocycles. The summed E-state index contributed by atoms with van der Waals surface area (Å²) in [4.78, 5) is 4.97. The molecule has 1 aliphatic rings. The van der Waals surface area contributed by atoms with Gasteiger partial charge in [-0.1, -0.05) is 34.1 Å². The molecule has 1 unspecified atom stereocenters. The van der Waals surface area contributed by atoms with Crippen LogP contribution in [-0.2, 0) is 6.54 Å². The van der Waals surface area contributed by atoms with Crippen molar-refractivity contribution in [2.75, 3.05) is 26.7 Å². The molecule has 0 aliphatic carbocycles. The highest BCUT2D eigenvalue weighted by atomic mass is 79.9. The van der Waals surface area contributed by atoms with E-state index in [1.807, 2.05) is 0 Å². The normalized spacial score (nSPS) is 23.9. The number of nitrogens with zero attached hydrogens (tertiary/aromatic N) is 2. The molecular weight excluding hydrogens is 314 g/mol. The van der Waals surface area contributed by atoms with E-state index >= 15 is 0 Å². The van der Waals surface area contributed by atoms with Gasteiger partial charge < -0.3 is 5.73 Å². The summed E-state index contributed by atoms with van der Waals surface area (Å²) in [6.07, 6.45) is 1.16. The topological polar surface area (TPSA) is 32.5 Å². The lowest BCUT2D eigenvalue weighted by molar-refractivity contribution is 0.115. The highest BCUT2D eigenvalue weighted by molar-refractivity contribution is 9.10. The Bertz CT molecular complexity index is 449. The standard InChI is InChI=1S/C16H26BrN3/c1-13(2)20-9-8-16(11-18,12-20)19(3)10-14-6-4-5-7-15(14)17/h4-7,13H,8-12,18H2,1-3H3. The van der Waals surface area contributed by atoms with E-state index in [9.17, 15) is 0 Å². The first-order valence-corrected chi connectivity index (χ1v) is 8.16. The summed E-state index contributed by atoms with van der Waals surface area (Å²) < 4.78 is 1.18. The summed E-state index contributed by atoms with van der Waals surface area (Å²) in [5.41, 5.74) is 7.58. The number of benzene rings is 1. The predicted molar refractivity (Wildman–Crippen MR) is 88.7 cm³/mol. The highest BCUT2D eigenvalue weighted by Gasteiger charge is 2.40. The lowest BCUT2D eigenvalue weighted by atomic mass is 9.96. The fraction of sp³-hybridized carbons (Fsp3) is 0.625. The highest BCUT2D eigenvalue weighted by Crippen LogP contribution is 2.30. The molecule has 0 aromatic heterocycles. The molecule has 20 heavy (non-hydrogen) atoms. The van der Waals surface area contributed by atoms with Crippen LogP contribution in [-0.4, -0.2) is 48.1 Å². The lowest BCUT2D eigenvalue weighted by Gasteiger charge is -2.38. The van der Waals surface area contributed by atoms with Crippen LogP contribution in [0.3, 0.4) is 0 Å². The Balaban J connectivity index is 2.10. The first kappa shape index (κ1) is 16.0. The minimum Gasteiger partial charge on any atom is -0.329 e. The van der Waals surface area contributed by atoms with E-state index in [1.165, 1.54) is 10.0 Å². The van der Waals surface area contributed by atoms with Crippen molar-refractivity contribution in [2.45, 2.75) is 38.4 Å². The zero-order valence-electron chi connectivity index (χ0n) is 12.8. The molecule has 1 fully saturated rings. The fourth-order valence-corrected chi connectivity index (χ4v) is 3.42. The molecule has 1 aliphatic heterocycles. The minimum absolute atomic E-state index is 0.111. The predicted octanol–water partition coefficient (Wildman–Crippen LogP) is 2.69. The third-order valence-electron chi connectivity index (χ3n) is 4.65. The molecule has 1 heterocycles. The second-order valence-electron chi connectivity index (χ2n) is 6.19. The SMILES string of the molecule is CC(C)N1CCC(CN)(N(C)Cc2ccccc2Br)C1. The van der Waals surface area contributed by atoms with Gasteiger partial charge >= 0.3 is 0 Å². The van der Waals surface area contributed by atoms with Crippen LogP contribution in [0.15, 0.2) is 28.7 Å². The molecule has 2 rings (SSSR count). The van der Waals surface area contributed by atoms with Crippen molar-refractivity contribution in [2.24, 2.45) is 5.73 Å². The van der Waals surface area contributed by atoms with Gasteiger partial charge in [0.1, 0.15) is 0 Å². The van der Waals surface area contributed by atoms with E-state index in [0.717, 1.165) is 32.6 Å². The van der Waals surface area contributed by atoms with E-state index in [1.54, 1.807) is 0 Å². The Morgan fingerprint density at radius 2 is 2.10 bits per heavy atom. The van der Waals surface area contributed by atoms with Crippen molar-refractivity contribution in [3.8, 4) is 0 Å². The second-order valence-corrected chi connectivity index (χ2v) is 7.04. The van der Waals surface area contributed by atoms with Crippen LogP contribution in [0.2, 0.25) is 0 Å². The summed E-state index contributed by atoms with van der Waals surface area (Å²) in [6.45, 7) is 8.40. The van der Waals surface area contributed by atoms with Crippen molar-refractivity contribution in [3.63, 3.8) is 0 Å². The molecule has 4 heteroatoms. The largest absolute Gasteiger partial charge is 0.329 e. The third-order valence-corrected chi connectivity index (χ3v) is 5.42. The van der Waals surface area contributed by atoms with E-state index in [4.69, 9.17) is 5.73 Å². The van der Waals surface area contributed by atoms with Crippen LogP contribution in [0.25, 0.3) is 0 Å². The van der Waals surface area contributed by atoms with Gasteiger partial charge in [-0.15, -0.1) is 0 Å². The van der Waals surface area contributed by atoms with E-state index in [-0.39, 0.29) is 5.54 Å². The Morgan fingerprint density at radius 1 is 1.40 bits per heavy atom. The average molecular weight is 340 g/mol. The molecule has 2 N–H and O–H groups in total. The summed E-state index contributed by atoms with van der Waals surface area (Å²) in [7, 11) is 2.20. The van der Waals surface area contributed by atoms with Crippen LogP contribution in [0.5, 0.6) is 0 Å². The quantitative estimate of drug-likeness (QED) is 0.895. The monoisotopic (exact) mass is 339 g/mol. The maximum Gasteiger partial charge on any atom is 0.0471 e. The lowest BCUT2D eigenvalue weighted by Crippen LogP contribution is -2.54. The summed E-state index contributed by atoms with van der Waals surface area (Å²) in [5, 5.41) is 0. The third kappa shape index (κ3) is 3.25. The van der Waals surface area contributed by atoms with Gasteiger partial charge in [0.05, 0.1) is 0 Å². The first-order chi connectivity index (χ1) is 9.48. The molecular formula is C16H26BrN3. The van der Waals surface area contributed by atoms with E-state index in [2.05, 4.69) is 70.9 Å². The van der Waals surface area contributed by atoms with Gasteiger partial charge in [0.15, 0.2) is 0 Å². The summed E-state index contributed by atoms with van der Waals surface area (Å²) >= 11 is 3.64. The van der Waals surface area contributed by atoms with Crippen LogP contribution in [0, 0.1) is 0 Å². The number of rotatable bonds is 5. The molecule has 1 aromatic carbocycles. The van der Waals surface area contributed by atoms with Gasteiger partial charge in [-0.05, 0) is 38.9 Å². The summed E-state index contributed by atoms with van der Waals surface area (Å²) in [5.74, 6) is 0. The van der Waals surface area contributed by atoms with E-state index < -0.39 is 0 Å². The molecule has 0 radical (unpaired) electrons. The number of likely N-dealkylation sites (tertiary alicyclic amines) is 1. The maximum atomic E-state index is 6.14. The van der Waals surface area contributed by atoms with Crippen LogP contribution in [0.4, 0.5) is 0 Å². The van der Waals surface area contributed by atoms with Gasteiger partial charge in [-0.25, -0.2) is 0 Å². The van der Waals surface area contributed by atoms with Crippen LogP contribution in [0.1, 0.15) is 25.8 Å². The zero-order valence-corrected chi connectivity index (χ0v) is 14.4. The Kier molecular flexibility index (Phi) is 5.24. The van der Waals surface area contributed by atoms with Gasteiger partial charge in [0.2, 0.25) is 0 Å². The van der Waals surface area contributed by atoms with Crippen LogP contribution < -0.4 is 5.73 Å². The number of hydrogen-bond acceptors (Lipinski definition) is 3. The van der Waals surface area contributed by atoms with Crippen molar-refractivity contribution >= 4 is 15.9 Å². The molecule has 3 nitrogen and oxygen atoms in total. The summed E-state index contributed by atoms with van der Waals surface area (Å²) in [6, 6.07) is 9.04. The van der Waals surface area contributed by atoms with Crippen molar-refractivity contribution in [1.82, 2.24) is 9.80 Å². The first-order valence-electron chi connectivity index (χ1n) is 7.37. The van der Waals surface area contributed by atoms with Gasteiger partial charge in [-0.3, -0.25) is 9.80 Å². The number of hydrogen-bond donors (Lipinski definition) is 1. The Morgan fingerprint density at radius 3 is 2.65 bits per heavy atom. The van der Waals surface area contributed by atoms with Crippen molar-refractivity contribution in [3.05, 3.63) is 34.3 Å². The molecule has 0 amide bonds. The molecule has 1 aromatic rings. The molecule has 1 atom stereocenters. The molecule has 112 valence electrons. The van der Waals surface area contributed by atoms with Crippen molar-refractivity contribution in [1.29, 1.82) is 0 Å². The Labute approximate surface area is 131 Å². The fourth-order valence-electron chi connectivity index (χ4n) is 3.01. The number of halogens is 1. The van der Waals surface area contributed by atoms with Crippen molar-refractivity contribution < 1.29 is 0 Å². The van der Waals surface area contributed by atoms with Gasteiger partial charge in [0, 0.05) is 42.2 Å². The van der Waals surface area contributed by atoms with E-state index in [0.29, 0.717) is 6.04 Å². The number of nitrogens with two attached hydrogens (primary N) is 1.